The molecule has 1 fully saturated rings. The van der Waals surface area contributed by atoms with E-state index in [0.717, 1.165) is 32.4 Å². The number of ether oxygens (including phenoxy) is 1. The van der Waals surface area contributed by atoms with Crippen molar-refractivity contribution in [2.45, 2.75) is 32.2 Å². The van der Waals surface area contributed by atoms with Crippen molar-refractivity contribution < 1.29 is 9.53 Å². The molecule has 0 bridgehead atoms. The first kappa shape index (κ1) is 15.5. The van der Waals surface area contributed by atoms with E-state index in [4.69, 9.17) is 4.74 Å². The fourth-order valence-electron chi connectivity index (χ4n) is 4.39. The van der Waals surface area contributed by atoms with Crippen LogP contribution in [0.15, 0.2) is 35.9 Å². The van der Waals surface area contributed by atoms with Crippen LogP contribution in [-0.4, -0.2) is 36.1 Å². The third-order valence-corrected chi connectivity index (χ3v) is 5.68. The van der Waals surface area contributed by atoms with Gasteiger partial charge >= 0.3 is 5.97 Å². The second-order valence-electron chi connectivity index (χ2n) is 6.88. The molecule has 0 radical (unpaired) electrons. The summed E-state index contributed by atoms with van der Waals surface area (Å²) >= 11 is 0. The largest absolute Gasteiger partial charge is 0.466 e. The van der Waals surface area contributed by atoms with Gasteiger partial charge in [-0.15, -0.1) is 0 Å². The Hall–Kier alpha value is -2.07. The zero-order valence-corrected chi connectivity index (χ0v) is 14.3. The maximum absolute atomic E-state index is 11.8. The average Bonchev–Trinajstić information content (AvgIpc) is 3.00. The van der Waals surface area contributed by atoms with Gasteiger partial charge in [-0.2, -0.15) is 0 Å². The van der Waals surface area contributed by atoms with Gasteiger partial charge in [-0.1, -0.05) is 30.7 Å². The molecule has 0 aliphatic carbocycles. The van der Waals surface area contributed by atoms with Gasteiger partial charge in [0.1, 0.15) is 0 Å². The van der Waals surface area contributed by atoms with Gasteiger partial charge in [0.25, 0.3) is 0 Å². The van der Waals surface area contributed by atoms with Crippen molar-refractivity contribution >= 4 is 16.9 Å². The number of piperidine rings is 1. The first-order valence-electron chi connectivity index (χ1n) is 8.83. The number of hydrogen-bond acceptors (Lipinski definition) is 3. The van der Waals surface area contributed by atoms with E-state index in [-0.39, 0.29) is 5.97 Å². The first-order chi connectivity index (χ1) is 11.7. The third-order valence-electron chi connectivity index (χ3n) is 5.68. The number of methoxy groups -OCH3 is 1. The van der Waals surface area contributed by atoms with Crippen molar-refractivity contribution in [3.05, 3.63) is 47.2 Å². The molecule has 0 unspecified atom stereocenters. The molecule has 0 amide bonds. The molecule has 0 saturated carbocycles. The summed E-state index contributed by atoms with van der Waals surface area (Å²) in [5, 5.41) is 1.35. The Balaban J connectivity index is 1.73. The summed E-state index contributed by atoms with van der Waals surface area (Å²) in [6, 6.07) is 8.90. The lowest BCUT2D eigenvalue weighted by atomic mass is 9.81. The lowest BCUT2D eigenvalue weighted by molar-refractivity contribution is -0.135. The summed E-state index contributed by atoms with van der Waals surface area (Å²) < 4.78 is 4.86. The standard InChI is InChI=1S/C20H24N2O2/c1-3-13-12-22-9-8-16-15-6-4-5-7-17(15)21-20(16)18(22)10-14(13)11-19(23)24-2/h4-7,11,13,18,21H,3,8-10,12H2,1-2H3/b14-11-/t13-,18+/m1/s1. The highest BCUT2D eigenvalue weighted by atomic mass is 16.5. The minimum Gasteiger partial charge on any atom is -0.466 e. The molecule has 2 atom stereocenters. The van der Waals surface area contributed by atoms with Gasteiger partial charge in [-0.25, -0.2) is 4.79 Å². The first-order valence-corrected chi connectivity index (χ1v) is 8.83. The van der Waals surface area contributed by atoms with Gasteiger partial charge in [0.2, 0.25) is 0 Å². The second kappa shape index (κ2) is 6.10. The predicted molar refractivity (Wildman–Crippen MR) is 94.8 cm³/mol. The number of para-hydroxylation sites is 1. The summed E-state index contributed by atoms with van der Waals surface area (Å²) in [7, 11) is 1.45. The van der Waals surface area contributed by atoms with Crippen LogP contribution in [0, 0.1) is 5.92 Å². The summed E-state index contributed by atoms with van der Waals surface area (Å²) in [6.07, 6.45) is 4.80. The van der Waals surface area contributed by atoms with Crippen LogP contribution in [-0.2, 0) is 16.0 Å². The molecule has 4 rings (SSSR count). The second-order valence-corrected chi connectivity index (χ2v) is 6.88. The Morgan fingerprint density at radius 1 is 1.42 bits per heavy atom. The van der Waals surface area contributed by atoms with E-state index in [0.29, 0.717) is 12.0 Å². The maximum Gasteiger partial charge on any atom is 0.330 e. The van der Waals surface area contributed by atoms with Crippen LogP contribution in [0.25, 0.3) is 10.9 Å². The Labute approximate surface area is 142 Å². The van der Waals surface area contributed by atoms with Crippen LogP contribution in [0.4, 0.5) is 0 Å². The lowest BCUT2D eigenvalue weighted by Gasteiger charge is -2.43. The number of rotatable bonds is 2. The molecule has 4 nitrogen and oxygen atoms in total. The van der Waals surface area contributed by atoms with E-state index in [1.807, 2.05) is 0 Å². The minimum atomic E-state index is -0.232. The van der Waals surface area contributed by atoms with E-state index in [1.165, 1.54) is 34.8 Å². The van der Waals surface area contributed by atoms with E-state index in [1.54, 1.807) is 6.08 Å². The number of carbonyl (C=O) groups excluding carboxylic acids is 1. The molecule has 126 valence electrons. The predicted octanol–water partition coefficient (Wildman–Crippen LogP) is 3.60. The summed E-state index contributed by atoms with van der Waals surface area (Å²) in [4.78, 5) is 18.0. The van der Waals surface area contributed by atoms with Crippen LogP contribution in [0.1, 0.15) is 37.1 Å². The van der Waals surface area contributed by atoms with E-state index < -0.39 is 0 Å². The lowest BCUT2D eigenvalue weighted by Crippen LogP contribution is -2.43. The number of benzene rings is 1. The van der Waals surface area contributed by atoms with Crippen molar-refractivity contribution in [2.24, 2.45) is 5.92 Å². The van der Waals surface area contributed by atoms with Gasteiger partial charge in [-0.05, 0) is 36.8 Å². The number of aromatic nitrogens is 1. The molecule has 1 N–H and O–H groups in total. The summed E-state index contributed by atoms with van der Waals surface area (Å²) in [5.41, 5.74) is 5.25. The highest BCUT2D eigenvalue weighted by Crippen LogP contribution is 2.43. The molecule has 3 heterocycles. The van der Waals surface area contributed by atoms with Crippen LogP contribution < -0.4 is 0 Å². The minimum absolute atomic E-state index is 0.232. The molecule has 2 aliphatic heterocycles. The quantitative estimate of drug-likeness (QED) is 0.678. The number of nitrogens with one attached hydrogen (secondary N) is 1. The molecule has 1 aromatic heterocycles. The highest BCUT2D eigenvalue weighted by molar-refractivity contribution is 5.85. The number of esters is 1. The van der Waals surface area contributed by atoms with E-state index in [2.05, 4.69) is 41.1 Å². The number of nitrogens with zero attached hydrogens (tertiary/aromatic N) is 1. The van der Waals surface area contributed by atoms with Crippen molar-refractivity contribution in [1.29, 1.82) is 0 Å². The van der Waals surface area contributed by atoms with E-state index in [9.17, 15) is 4.79 Å². The van der Waals surface area contributed by atoms with Gasteiger partial charge in [0.05, 0.1) is 13.2 Å². The van der Waals surface area contributed by atoms with Gasteiger partial charge in [-0.3, -0.25) is 4.90 Å². The Bertz CT molecular complexity index is 805. The average molecular weight is 324 g/mol. The normalized spacial score (nSPS) is 25.5. The van der Waals surface area contributed by atoms with Crippen LogP contribution in [0.5, 0.6) is 0 Å². The number of fused-ring (bicyclic) bond motifs is 5. The maximum atomic E-state index is 11.8. The molecule has 1 saturated heterocycles. The Kier molecular flexibility index (Phi) is 3.93. The zero-order valence-electron chi connectivity index (χ0n) is 14.3. The Morgan fingerprint density at radius 2 is 2.25 bits per heavy atom. The SMILES string of the molecule is CC[C@@H]1CN2CCc3c([nH]c4ccccc34)[C@@H]2C/C1=C/C(=O)OC. The Morgan fingerprint density at radius 3 is 3.04 bits per heavy atom. The monoisotopic (exact) mass is 324 g/mol. The van der Waals surface area contributed by atoms with Crippen molar-refractivity contribution in [3.63, 3.8) is 0 Å². The van der Waals surface area contributed by atoms with Crippen molar-refractivity contribution in [1.82, 2.24) is 9.88 Å². The number of hydrogen-bond donors (Lipinski definition) is 1. The van der Waals surface area contributed by atoms with Crippen LogP contribution in [0.2, 0.25) is 0 Å². The molecule has 24 heavy (non-hydrogen) atoms. The van der Waals surface area contributed by atoms with Crippen molar-refractivity contribution in [2.75, 3.05) is 20.2 Å². The third kappa shape index (κ3) is 2.46. The molecule has 2 aromatic rings. The summed E-state index contributed by atoms with van der Waals surface area (Å²) in [6.45, 7) is 4.33. The smallest absolute Gasteiger partial charge is 0.330 e. The zero-order chi connectivity index (χ0) is 16.7. The molecule has 4 heteroatoms. The molecular weight excluding hydrogens is 300 g/mol. The highest BCUT2D eigenvalue weighted by Gasteiger charge is 2.37. The van der Waals surface area contributed by atoms with Gasteiger partial charge < -0.3 is 9.72 Å². The summed E-state index contributed by atoms with van der Waals surface area (Å²) in [5.74, 6) is 0.218. The fourth-order valence-corrected chi connectivity index (χ4v) is 4.39. The van der Waals surface area contributed by atoms with E-state index >= 15 is 0 Å². The molecule has 1 aromatic carbocycles. The molecule has 0 spiro atoms. The number of aromatic amines is 1. The number of carbonyl (C=O) groups is 1. The molecule has 2 aliphatic rings. The van der Waals surface area contributed by atoms with Crippen molar-refractivity contribution in [3.8, 4) is 0 Å². The fraction of sp³-hybridized carbons (Fsp3) is 0.450. The van der Waals surface area contributed by atoms with Gasteiger partial charge in [0.15, 0.2) is 0 Å². The van der Waals surface area contributed by atoms with Crippen LogP contribution in [0.3, 0.4) is 0 Å². The number of H-pyrrole nitrogens is 1. The topological polar surface area (TPSA) is 45.3 Å². The van der Waals surface area contributed by atoms with Crippen LogP contribution >= 0.6 is 0 Å². The van der Waals surface area contributed by atoms with Gasteiger partial charge in [0, 0.05) is 35.8 Å². The molecular formula is C20H24N2O2.